The van der Waals surface area contributed by atoms with Crippen molar-refractivity contribution in [3.8, 4) is 11.8 Å². The standard InChI is InChI=1S/C34H36FN5O6S/c1-23(2)31(33(42)43)40(47(45)46)38-20-18-37(19-21-38)28-13-8-24(9-14-28)4-5-26-10-15-30-29(22-26)32(41)39(34(44)36(30)3)17-16-25-6-11-27(35)12-7-25/h6-15,22-23,31H,16-21H2,1-3H3,(H,42,43)(H,45,46)/p-1. The van der Waals surface area contributed by atoms with Crippen LogP contribution < -0.4 is 16.1 Å². The fourth-order valence-corrected chi connectivity index (χ4v) is 6.60. The summed E-state index contributed by atoms with van der Waals surface area (Å²) in [5.41, 5.74) is 2.76. The van der Waals surface area contributed by atoms with E-state index in [0.29, 0.717) is 49.1 Å². The second kappa shape index (κ2) is 14.4. The lowest BCUT2D eigenvalue weighted by molar-refractivity contribution is -0.149. The Bertz CT molecular complexity index is 1970. The van der Waals surface area contributed by atoms with E-state index in [1.807, 2.05) is 24.3 Å². The molecule has 1 aliphatic heterocycles. The molecule has 47 heavy (non-hydrogen) atoms. The molecule has 5 rings (SSSR count). The Hall–Kier alpha value is -4.61. The van der Waals surface area contributed by atoms with Crippen molar-refractivity contribution in [3.63, 3.8) is 0 Å². The summed E-state index contributed by atoms with van der Waals surface area (Å²) in [4.78, 5) is 40.2. The average Bonchev–Trinajstić information content (AvgIpc) is 3.05. The van der Waals surface area contributed by atoms with E-state index < -0.39 is 40.4 Å². The number of aryl methyl sites for hydroxylation is 2. The number of rotatable bonds is 9. The molecular formula is C34H35FN5O6S-. The van der Waals surface area contributed by atoms with Gasteiger partial charge in [-0.2, -0.15) is 4.41 Å². The molecule has 2 unspecified atom stereocenters. The molecule has 246 valence electrons. The van der Waals surface area contributed by atoms with Gasteiger partial charge in [-0.1, -0.05) is 37.8 Å². The molecule has 0 aliphatic carbocycles. The second-order valence-corrected chi connectivity index (χ2v) is 12.5. The first-order chi connectivity index (χ1) is 22.4. The number of aliphatic carboxylic acids is 1. The number of carboxylic acid groups (broad SMARTS) is 1. The Morgan fingerprint density at radius 3 is 2.19 bits per heavy atom. The van der Waals surface area contributed by atoms with Crippen molar-refractivity contribution in [2.24, 2.45) is 13.0 Å². The van der Waals surface area contributed by atoms with Gasteiger partial charge in [0.25, 0.3) is 5.56 Å². The van der Waals surface area contributed by atoms with Crippen molar-refractivity contribution in [1.82, 2.24) is 18.6 Å². The normalized spacial score (nSPS) is 15.1. The number of hydrazine groups is 1. The minimum atomic E-state index is -2.72. The number of hydrogen-bond acceptors (Lipinski definition) is 7. The summed E-state index contributed by atoms with van der Waals surface area (Å²) in [6.07, 6.45) is 0.398. The maximum Gasteiger partial charge on any atom is 0.331 e. The molecule has 1 aliphatic rings. The Kier molecular flexibility index (Phi) is 10.4. The number of piperazine rings is 1. The molecule has 0 amide bonds. The second-order valence-electron chi connectivity index (χ2n) is 11.7. The Morgan fingerprint density at radius 1 is 0.979 bits per heavy atom. The van der Waals surface area contributed by atoms with Gasteiger partial charge in [0, 0.05) is 67.9 Å². The molecular weight excluding hydrogens is 625 g/mol. The van der Waals surface area contributed by atoms with E-state index in [0.717, 1.165) is 21.2 Å². The number of nitrogens with zero attached hydrogens (tertiary/aromatic N) is 5. The Balaban J connectivity index is 1.28. The average molecular weight is 661 g/mol. The lowest BCUT2D eigenvalue weighted by Crippen LogP contribution is -2.60. The summed E-state index contributed by atoms with van der Waals surface area (Å²) in [5.74, 6) is 4.28. The number of fused-ring (bicyclic) bond motifs is 1. The number of aromatic nitrogens is 2. The molecule has 1 fully saturated rings. The third kappa shape index (κ3) is 7.52. The molecule has 0 radical (unpaired) electrons. The molecule has 2 atom stereocenters. The third-order valence-electron chi connectivity index (χ3n) is 8.28. The molecule has 0 spiro atoms. The summed E-state index contributed by atoms with van der Waals surface area (Å²) in [5, 5.41) is 11.6. The molecule has 0 saturated carbocycles. The largest absolute Gasteiger partial charge is 0.759 e. The van der Waals surface area contributed by atoms with Crippen molar-refractivity contribution >= 4 is 33.8 Å². The van der Waals surface area contributed by atoms with E-state index in [1.165, 1.54) is 21.3 Å². The molecule has 1 N–H and O–H groups in total. The van der Waals surface area contributed by atoms with Gasteiger partial charge in [-0.05, 0) is 72.5 Å². The Morgan fingerprint density at radius 2 is 1.60 bits per heavy atom. The predicted octanol–water partition coefficient (Wildman–Crippen LogP) is 2.72. The Labute approximate surface area is 273 Å². The maximum absolute atomic E-state index is 13.3. The van der Waals surface area contributed by atoms with Crippen LogP contribution >= 0.6 is 0 Å². The van der Waals surface area contributed by atoms with E-state index in [9.17, 15) is 32.6 Å². The van der Waals surface area contributed by atoms with Crippen LogP contribution in [0, 0.1) is 23.6 Å². The minimum absolute atomic E-state index is 0.154. The van der Waals surface area contributed by atoms with Crippen LogP contribution in [0.25, 0.3) is 10.9 Å². The number of benzene rings is 3. The summed E-state index contributed by atoms with van der Waals surface area (Å²) >= 11 is -2.72. The van der Waals surface area contributed by atoms with E-state index in [-0.39, 0.29) is 12.4 Å². The fraction of sp³-hybridized carbons (Fsp3) is 0.324. The SMILES string of the molecule is CC(C)C(C(=O)O)N(N1CCN(c2ccc(C#Cc3ccc4c(c3)c(=O)n(CCc3ccc(F)cc3)c(=O)n4C)cc2)CC1)S(=O)[O-]. The van der Waals surface area contributed by atoms with Gasteiger partial charge in [0.1, 0.15) is 11.9 Å². The molecule has 4 aromatic rings. The highest BCUT2D eigenvalue weighted by atomic mass is 32.2. The zero-order valence-corrected chi connectivity index (χ0v) is 27.1. The highest BCUT2D eigenvalue weighted by Crippen LogP contribution is 2.22. The molecule has 0 bridgehead atoms. The van der Waals surface area contributed by atoms with E-state index >= 15 is 0 Å². The summed E-state index contributed by atoms with van der Waals surface area (Å²) in [6.45, 7) is 5.20. The monoisotopic (exact) mass is 660 g/mol. The van der Waals surface area contributed by atoms with Crippen LogP contribution in [0.2, 0.25) is 0 Å². The number of hydrogen-bond donors (Lipinski definition) is 1. The van der Waals surface area contributed by atoms with Gasteiger partial charge in [0.2, 0.25) is 0 Å². The molecule has 3 aromatic carbocycles. The topological polar surface area (TPSA) is 131 Å². The quantitative estimate of drug-likeness (QED) is 0.214. The fourth-order valence-electron chi connectivity index (χ4n) is 5.73. The van der Waals surface area contributed by atoms with Gasteiger partial charge in [-0.3, -0.25) is 22.9 Å². The smallest absolute Gasteiger partial charge is 0.331 e. The van der Waals surface area contributed by atoms with E-state index in [4.69, 9.17) is 0 Å². The van der Waals surface area contributed by atoms with Crippen LogP contribution in [-0.2, 0) is 36.1 Å². The van der Waals surface area contributed by atoms with Crippen molar-refractivity contribution in [2.75, 3.05) is 31.1 Å². The summed E-state index contributed by atoms with van der Waals surface area (Å²) in [7, 11) is 1.62. The number of carboxylic acids is 1. The zero-order valence-electron chi connectivity index (χ0n) is 26.3. The first-order valence-corrected chi connectivity index (χ1v) is 16.2. The lowest BCUT2D eigenvalue weighted by atomic mass is 10.1. The van der Waals surface area contributed by atoms with Gasteiger partial charge in [0.15, 0.2) is 0 Å². The van der Waals surface area contributed by atoms with E-state index in [2.05, 4.69) is 16.7 Å². The van der Waals surface area contributed by atoms with Crippen molar-refractivity contribution in [3.05, 3.63) is 110 Å². The molecule has 11 nitrogen and oxygen atoms in total. The van der Waals surface area contributed by atoms with Crippen LogP contribution in [0.15, 0.2) is 76.3 Å². The van der Waals surface area contributed by atoms with Crippen LogP contribution in [0.3, 0.4) is 0 Å². The molecule has 13 heteroatoms. The first-order valence-electron chi connectivity index (χ1n) is 15.2. The maximum atomic E-state index is 13.3. The molecule has 2 heterocycles. The summed E-state index contributed by atoms with van der Waals surface area (Å²) in [6, 6.07) is 17.5. The van der Waals surface area contributed by atoms with Crippen LogP contribution in [0.5, 0.6) is 0 Å². The lowest BCUT2D eigenvalue weighted by Gasteiger charge is -2.45. The molecule has 1 aromatic heterocycles. The van der Waals surface area contributed by atoms with Gasteiger partial charge < -0.3 is 14.6 Å². The van der Waals surface area contributed by atoms with Crippen LogP contribution in [-0.4, -0.2) is 70.6 Å². The van der Waals surface area contributed by atoms with E-state index in [1.54, 1.807) is 56.2 Å². The minimum Gasteiger partial charge on any atom is -0.759 e. The third-order valence-corrected chi connectivity index (χ3v) is 9.05. The highest BCUT2D eigenvalue weighted by molar-refractivity contribution is 7.76. The van der Waals surface area contributed by atoms with Gasteiger partial charge in [0.05, 0.1) is 10.9 Å². The highest BCUT2D eigenvalue weighted by Gasteiger charge is 2.35. The van der Waals surface area contributed by atoms with Gasteiger partial charge in [-0.25, -0.2) is 14.2 Å². The first kappa shape index (κ1) is 33.7. The zero-order chi connectivity index (χ0) is 33.8. The van der Waals surface area contributed by atoms with Gasteiger partial charge in [-0.15, -0.1) is 0 Å². The number of anilines is 1. The molecule has 1 saturated heterocycles. The number of halogens is 1. The van der Waals surface area contributed by atoms with Crippen molar-refractivity contribution in [2.45, 2.75) is 32.9 Å². The number of carbonyl (C=O) groups is 1. The van der Waals surface area contributed by atoms with Gasteiger partial charge >= 0.3 is 11.7 Å². The predicted molar refractivity (Wildman–Crippen MR) is 177 cm³/mol. The van der Waals surface area contributed by atoms with Crippen molar-refractivity contribution in [1.29, 1.82) is 0 Å². The van der Waals surface area contributed by atoms with Crippen LogP contribution in [0.1, 0.15) is 30.5 Å². The summed E-state index contributed by atoms with van der Waals surface area (Å²) < 4.78 is 40.8. The van der Waals surface area contributed by atoms with Crippen molar-refractivity contribution < 1.29 is 23.1 Å². The van der Waals surface area contributed by atoms with Crippen LogP contribution in [0.4, 0.5) is 10.1 Å².